The van der Waals surface area contributed by atoms with E-state index in [1.165, 1.54) is 10.8 Å². The summed E-state index contributed by atoms with van der Waals surface area (Å²) in [6.45, 7) is 0. The van der Waals surface area contributed by atoms with Gasteiger partial charge in [-0.25, -0.2) is 15.0 Å². The summed E-state index contributed by atoms with van der Waals surface area (Å²) in [5.74, 6) is 1.81. The molecule has 0 amide bonds. The molecule has 11 rings (SSSR count). The summed E-state index contributed by atoms with van der Waals surface area (Å²) in [4.78, 5) is 15.5. The van der Waals surface area contributed by atoms with Crippen LogP contribution in [0.25, 0.3) is 111 Å². The number of fused-ring (bicyclic) bond motifs is 9. The molecule has 0 bridgehead atoms. The molecule has 0 saturated heterocycles. The van der Waals surface area contributed by atoms with Crippen LogP contribution in [-0.2, 0) is 0 Å². The van der Waals surface area contributed by atoms with E-state index in [4.69, 9.17) is 23.8 Å². The summed E-state index contributed by atoms with van der Waals surface area (Å²) in [7, 11) is 0. The average molecular weight is 666 g/mol. The Morgan fingerprint density at radius 2 is 0.827 bits per heavy atom. The Kier molecular flexibility index (Phi) is 6.18. The van der Waals surface area contributed by atoms with Gasteiger partial charge in [0.25, 0.3) is 0 Å². The lowest BCUT2D eigenvalue weighted by molar-refractivity contribution is 0.668. The third-order valence-electron chi connectivity index (χ3n) is 10.2. The molecule has 0 fully saturated rings. The summed E-state index contributed by atoms with van der Waals surface area (Å²) in [6, 6.07) is 56.2. The van der Waals surface area contributed by atoms with Gasteiger partial charge < -0.3 is 8.83 Å². The minimum Gasteiger partial charge on any atom is -0.456 e. The lowest BCUT2D eigenvalue weighted by atomic mass is 9.92. The highest BCUT2D eigenvalue weighted by Gasteiger charge is 2.20. The first-order chi connectivity index (χ1) is 25.8. The molecule has 11 aromatic rings. The van der Waals surface area contributed by atoms with Crippen molar-refractivity contribution in [3.05, 3.63) is 164 Å². The van der Waals surface area contributed by atoms with Crippen molar-refractivity contribution in [1.29, 1.82) is 0 Å². The Morgan fingerprint density at radius 3 is 1.67 bits per heavy atom. The molecule has 3 heterocycles. The molecule has 0 spiro atoms. The number of aromatic nitrogens is 3. The van der Waals surface area contributed by atoms with Crippen LogP contribution in [0.4, 0.5) is 0 Å². The lowest BCUT2D eigenvalue weighted by Crippen LogP contribution is -2.01. The smallest absolute Gasteiger partial charge is 0.164 e. The number of furan rings is 2. The highest BCUT2D eigenvalue weighted by atomic mass is 16.3. The van der Waals surface area contributed by atoms with Crippen molar-refractivity contribution in [3.63, 3.8) is 0 Å². The molecule has 0 aliphatic rings. The highest BCUT2D eigenvalue weighted by Crippen LogP contribution is 2.43. The van der Waals surface area contributed by atoms with Crippen molar-refractivity contribution in [2.45, 2.75) is 0 Å². The maximum absolute atomic E-state index is 6.46. The van der Waals surface area contributed by atoms with Gasteiger partial charge in [-0.05, 0) is 56.9 Å². The van der Waals surface area contributed by atoms with Gasteiger partial charge in [0.15, 0.2) is 17.5 Å². The molecule has 52 heavy (non-hydrogen) atoms. The minimum absolute atomic E-state index is 0.593. The maximum Gasteiger partial charge on any atom is 0.164 e. The zero-order valence-electron chi connectivity index (χ0n) is 27.7. The molecular weight excluding hydrogens is 639 g/mol. The van der Waals surface area contributed by atoms with Gasteiger partial charge in [-0.3, -0.25) is 0 Å². The molecule has 5 nitrogen and oxygen atoms in total. The van der Waals surface area contributed by atoms with Crippen LogP contribution in [0.15, 0.2) is 173 Å². The quantitative estimate of drug-likeness (QED) is 0.187. The standard InChI is InChI=1S/C47H27N3O2/c1-2-13-29(14-3-1)45-48-46(50-47(49-45)37-22-11-24-39-42(37)36-16-6-7-23-38(36)51-39)35-21-9-17-31-32(18-8-19-33(31)35)34-20-10-25-40-44(34)43-30-15-5-4-12-28(30)26-27-41(43)52-40/h1-27H. The topological polar surface area (TPSA) is 65.0 Å². The second-order valence-corrected chi connectivity index (χ2v) is 13.1. The van der Waals surface area contributed by atoms with Crippen molar-refractivity contribution in [3.8, 4) is 45.3 Å². The first-order valence-corrected chi connectivity index (χ1v) is 17.4. The summed E-state index contributed by atoms with van der Waals surface area (Å²) in [5.41, 5.74) is 8.37. The van der Waals surface area contributed by atoms with E-state index < -0.39 is 0 Å². The summed E-state index contributed by atoms with van der Waals surface area (Å²) in [6.07, 6.45) is 0. The largest absolute Gasteiger partial charge is 0.456 e. The molecule has 3 aromatic heterocycles. The lowest BCUT2D eigenvalue weighted by Gasteiger charge is -2.13. The summed E-state index contributed by atoms with van der Waals surface area (Å²) >= 11 is 0. The average Bonchev–Trinajstić information content (AvgIpc) is 3.80. The van der Waals surface area contributed by atoms with Gasteiger partial charge in [0.2, 0.25) is 0 Å². The van der Waals surface area contributed by atoms with Crippen molar-refractivity contribution in [1.82, 2.24) is 15.0 Å². The number of benzene rings is 8. The van der Waals surface area contributed by atoms with Crippen LogP contribution in [0.2, 0.25) is 0 Å². The van der Waals surface area contributed by atoms with Gasteiger partial charge in [0, 0.05) is 38.2 Å². The van der Waals surface area contributed by atoms with Gasteiger partial charge in [-0.15, -0.1) is 0 Å². The molecule has 0 N–H and O–H groups in total. The van der Waals surface area contributed by atoms with E-state index in [0.29, 0.717) is 17.5 Å². The monoisotopic (exact) mass is 665 g/mol. The highest BCUT2D eigenvalue weighted by molar-refractivity contribution is 6.24. The van der Waals surface area contributed by atoms with Crippen LogP contribution in [0.3, 0.4) is 0 Å². The maximum atomic E-state index is 6.46. The Hall–Kier alpha value is -7.11. The third kappa shape index (κ3) is 4.33. The van der Waals surface area contributed by atoms with Gasteiger partial charge in [-0.1, -0.05) is 140 Å². The van der Waals surface area contributed by atoms with E-state index in [-0.39, 0.29) is 0 Å². The van der Waals surface area contributed by atoms with Gasteiger partial charge in [0.1, 0.15) is 22.3 Å². The molecule has 0 aliphatic carbocycles. The fourth-order valence-corrected chi connectivity index (χ4v) is 7.85. The number of hydrogen-bond donors (Lipinski definition) is 0. The molecule has 0 radical (unpaired) electrons. The first kappa shape index (κ1) is 28.7. The molecular formula is C47H27N3O2. The fourth-order valence-electron chi connectivity index (χ4n) is 7.85. The summed E-state index contributed by atoms with van der Waals surface area (Å²) < 4.78 is 12.7. The fraction of sp³-hybridized carbons (Fsp3) is 0. The van der Waals surface area contributed by atoms with E-state index in [9.17, 15) is 0 Å². The van der Waals surface area contributed by atoms with Crippen LogP contribution in [-0.4, -0.2) is 15.0 Å². The third-order valence-corrected chi connectivity index (χ3v) is 10.2. The number of nitrogens with zero attached hydrogens (tertiary/aromatic N) is 3. The zero-order chi connectivity index (χ0) is 34.2. The normalized spacial score (nSPS) is 11.8. The van der Waals surface area contributed by atoms with Gasteiger partial charge in [-0.2, -0.15) is 0 Å². The van der Waals surface area contributed by atoms with E-state index in [2.05, 4.69) is 103 Å². The molecule has 0 aliphatic heterocycles. The van der Waals surface area contributed by atoms with Crippen LogP contribution in [0, 0.1) is 0 Å². The molecule has 5 heteroatoms. The Labute approximate surface area is 297 Å². The van der Waals surface area contributed by atoms with E-state index in [0.717, 1.165) is 82.5 Å². The second kappa shape index (κ2) is 11.2. The van der Waals surface area contributed by atoms with Crippen molar-refractivity contribution < 1.29 is 8.83 Å². The Bertz CT molecular complexity index is 3190. The van der Waals surface area contributed by atoms with Crippen molar-refractivity contribution in [2.75, 3.05) is 0 Å². The second-order valence-electron chi connectivity index (χ2n) is 13.1. The van der Waals surface area contributed by atoms with E-state index in [1.54, 1.807) is 0 Å². The van der Waals surface area contributed by atoms with Crippen LogP contribution >= 0.6 is 0 Å². The van der Waals surface area contributed by atoms with Crippen molar-refractivity contribution in [2.24, 2.45) is 0 Å². The van der Waals surface area contributed by atoms with Crippen LogP contribution in [0.5, 0.6) is 0 Å². The SMILES string of the molecule is c1ccc(-c2nc(-c3cccc4c(-c5cccc6oc7ccc8ccccc8c7c56)cccc34)nc(-c3cccc4oc5ccccc5c34)n2)cc1. The Morgan fingerprint density at radius 1 is 0.288 bits per heavy atom. The Balaban J connectivity index is 1.17. The minimum atomic E-state index is 0.593. The molecule has 0 saturated carbocycles. The van der Waals surface area contributed by atoms with Crippen LogP contribution in [0.1, 0.15) is 0 Å². The van der Waals surface area contributed by atoms with Gasteiger partial charge in [0.05, 0.1) is 0 Å². The van der Waals surface area contributed by atoms with Gasteiger partial charge >= 0.3 is 0 Å². The predicted molar refractivity (Wildman–Crippen MR) is 211 cm³/mol. The molecule has 0 unspecified atom stereocenters. The number of rotatable bonds is 4. The summed E-state index contributed by atoms with van der Waals surface area (Å²) in [5, 5.41) is 8.78. The first-order valence-electron chi connectivity index (χ1n) is 17.4. The van der Waals surface area contributed by atoms with Crippen LogP contribution < -0.4 is 0 Å². The predicted octanol–water partition coefficient (Wildman–Crippen LogP) is 12.6. The van der Waals surface area contributed by atoms with E-state index >= 15 is 0 Å². The van der Waals surface area contributed by atoms with E-state index in [1.807, 2.05) is 60.7 Å². The zero-order valence-corrected chi connectivity index (χ0v) is 27.7. The molecule has 8 aromatic carbocycles. The number of para-hydroxylation sites is 1. The van der Waals surface area contributed by atoms with Crippen molar-refractivity contribution >= 4 is 65.4 Å². The molecule has 242 valence electrons. The number of hydrogen-bond acceptors (Lipinski definition) is 5. The molecule has 0 atom stereocenters.